The maximum Gasteiger partial charge on any atom is 0.251 e. The molecular formula is C23H19BrN4O2. The number of aromatic nitrogens is 3. The molecule has 6 nitrogen and oxygen atoms in total. The summed E-state index contributed by atoms with van der Waals surface area (Å²) in [5, 5.41) is 7.16. The zero-order chi connectivity index (χ0) is 20.9. The zero-order valence-corrected chi connectivity index (χ0v) is 17.6. The van der Waals surface area contributed by atoms with Gasteiger partial charge in [-0.05, 0) is 57.4 Å². The van der Waals surface area contributed by atoms with Crippen molar-refractivity contribution in [2.24, 2.45) is 0 Å². The Morgan fingerprint density at radius 1 is 0.967 bits per heavy atom. The van der Waals surface area contributed by atoms with E-state index in [0.29, 0.717) is 18.7 Å². The number of carbonyl (C=O) groups excluding carboxylic acids is 1. The number of hydrogen-bond acceptors (Lipinski definition) is 3. The van der Waals surface area contributed by atoms with Crippen LogP contribution in [0.1, 0.15) is 21.5 Å². The summed E-state index contributed by atoms with van der Waals surface area (Å²) in [6, 6.07) is 20.2. The second-order valence-corrected chi connectivity index (χ2v) is 7.73. The van der Waals surface area contributed by atoms with E-state index in [4.69, 9.17) is 0 Å². The highest BCUT2D eigenvalue weighted by molar-refractivity contribution is 9.10. The molecule has 0 aliphatic carbocycles. The third-order valence-electron chi connectivity index (χ3n) is 4.67. The lowest BCUT2D eigenvalue weighted by Gasteiger charge is -2.09. The van der Waals surface area contributed by atoms with Crippen LogP contribution >= 0.6 is 15.9 Å². The van der Waals surface area contributed by atoms with Crippen molar-refractivity contribution < 1.29 is 4.79 Å². The van der Waals surface area contributed by atoms with Crippen molar-refractivity contribution in [3.05, 3.63) is 117 Å². The van der Waals surface area contributed by atoms with Gasteiger partial charge in [-0.15, -0.1) is 0 Å². The first-order valence-electron chi connectivity index (χ1n) is 9.40. The Bertz CT molecular complexity index is 1210. The van der Waals surface area contributed by atoms with Crippen LogP contribution in [0, 0.1) is 0 Å². The number of carbonyl (C=O) groups is 1. The number of halogens is 1. The molecule has 0 saturated carbocycles. The Balaban J connectivity index is 1.34. The number of benzene rings is 2. The number of hydrogen-bond donors (Lipinski definition) is 1. The maximum atomic E-state index is 12.4. The van der Waals surface area contributed by atoms with Crippen LogP contribution in [0.25, 0.3) is 5.69 Å². The first-order valence-corrected chi connectivity index (χ1v) is 10.2. The molecule has 0 unspecified atom stereocenters. The van der Waals surface area contributed by atoms with Gasteiger partial charge in [-0.2, -0.15) is 5.10 Å². The molecule has 0 atom stereocenters. The van der Waals surface area contributed by atoms with Crippen molar-refractivity contribution in [1.29, 1.82) is 0 Å². The molecule has 0 fully saturated rings. The first-order chi connectivity index (χ1) is 14.6. The van der Waals surface area contributed by atoms with Crippen LogP contribution in [0.2, 0.25) is 0 Å². The molecule has 1 N–H and O–H groups in total. The fraction of sp³-hybridized carbons (Fsp3) is 0.0870. The van der Waals surface area contributed by atoms with Gasteiger partial charge in [0.25, 0.3) is 11.5 Å². The molecule has 0 bridgehead atoms. The lowest BCUT2D eigenvalue weighted by Crippen LogP contribution is -2.22. The van der Waals surface area contributed by atoms with E-state index in [0.717, 1.165) is 21.3 Å². The topological polar surface area (TPSA) is 68.9 Å². The van der Waals surface area contributed by atoms with E-state index in [1.54, 1.807) is 45.9 Å². The minimum atomic E-state index is -0.136. The van der Waals surface area contributed by atoms with Crippen LogP contribution in [0.3, 0.4) is 0 Å². The summed E-state index contributed by atoms with van der Waals surface area (Å²) in [6.45, 7) is 0.948. The predicted molar refractivity (Wildman–Crippen MR) is 119 cm³/mol. The van der Waals surface area contributed by atoms with E-state index in [1.807, 2.05) is 48.7 Å². The van der Waals surface area contributed by atoms with Gasteiger partial charge in [-0.1, -0.05) is 30.3 Å². The smallest absolute Gasteiger partial charge is 0.251 e. The molecule has 0 radical (unpaired) electrons. The average Bonchev–Trinajstić information content (AvgIpc) is 3.21. The third-order valence-corrected chi connectivity index (χ3v) is 5.08. The predicted octanol–water partition coefficient (Wildman–Crippen LogP) is 3.77. The summed E-state index contributed by atoms with van der Waals surface area (Å²) in [6.07, 6.45) is 5.34. The van der Waals surface area contributed by atoms with Crippen molar-refractivity contribution in [3.63, 3.8) is 0 Å². The van der Waals surface area contributed by atoms with Crippen molar-refractivity contribution in [3.8, 4) is 5.69 Å². The lowest BCUT2D eigenvalue weighted by molar-refractivity contribution is 0.0951. The molecule has 0 aliphatic rings. The summed E-state index contributed by atoms with van der Waals surface area (Å²) in [5.41, 5.74) is 3.46. The Labute approximate surface area is 181 Å². The van der Waals surface area contributed by atoms with E-state index >= 15 is 0 Å². The molecule has 150 valence electrons. The van der Waals surface area contributed by atoms with Crippen molar-refractivity contribution in [2.45, 2.75) is 13.1 Å². The number of rotatable bonds is 6. The molecule has 2 aromatic carbocycles. The fourth-order valence-electron chi connectivity index (χ4n) is 3.04. The molecule has 4 aromatic rings. The van der Waals surface area contributed by atoms with Crippen molar-refractivity contribution in [1.82, 2.24) is 19.7 Å². The SMILES string of the molecule is O=C(NCc1ccc(Cn2ccccc2=O)cc1)c1ccc(-n2cc(Br)cn2)cc1. The van der Waals surface area contributed by atoms with Gasteiger partial charge in [0.05, 0.1) is 22.9 Å². The number of pyridine rings is 1. The maximum absolute atomic E-state index is 12.4. The monoisotopic (exact) mass is 462 g/mol. The molecule has 0 saturated heterocycles. The van der Waals surface area contributed by atoms with Gasteiger partial charge in [0.2, 0.25) is 0 Å². The molecule has 0 spiro atoms. The Hall–Kier alpha value is -3.45. The van der Waals surface area contributed by atoms with Gasteiger partial charge in [0, 0.05) is 30.6 Å². The summed E-state index contributed by atoms with van der Waals surface area (Å²) in [5.74, 6) is -0.136. The van der Waals surface area contributed by atoms with E-state index in [-0.39, 0.29) is 11.5 Å². The zero-order valence-electron chi connectivity index (χ0n) is 16.0. The average molecular weight is 463 g/mol. The summed E-state index contributed by atoms with van der Waals surface area (Å²) >= 11 is 3.37. The quantitative estimate of drug-likeness (QED) is 0.474. The highest BCUT2D eigenvalue weighted by atomic mass is 79.9. The molecule has 1 amide bonds. The van der Waals surface area contributed by atoms with Crippen molar-refractivity contribution in [2.75, 3.05) is 0 Å². The van der Waals surface area contributed by atoms with E-state index in [2.05, 4.69) is 26.3 Å². The lowest BCUT2D eigenvalue weighted by atomic mass is 10.1. The molecule has 0 aliphatic heterocycles. The van der Waals surface area contributed by atoms with E-state index in [9.17, 15) is 9.59 Å². The van der Waals surface area contributed by atoms with Crippen LogP contribution in [-0.2, 0) is 13.1 Å². The highest BCUT2D eigenvalue weighted by Gasteiger charge is 2.07. The summed E-state index contributed by atoms with van der Waals surface area (Å²) < 4.78 is 4.28. The third kappa shape index (κ3) is 4.75. The second kappa shape index (κ2) is 8.92. The summed E-state index contributed by atoms with van der Waals surface area (Å²) in [7, 11) is 0. The van der Waals surface area contributed by atoms with Crippen LogP contribution < -0.4 is 10.9 Å². The van der Waals surface area contributed by atoms with Crippen LogP contribution in [0.4, 0.5) is 0 Å². The molecule has 4 rings (SSSR count). The Kier molecular flexibility index (Phi) is 5.90. The number of nitrogens with one attached hydrogen (secondary N) is 1. The normalized spacial score (nSPS) is 10.7. The number of nitrogens with zero attached hydrogens (tertiary/aromatic N) is 3. The van der Waals surface area contributed by atoms with Gasteiger partial charge in [0.15, 0.2) is 0 Å². The highest BCUT2D eigenvalue weighted by Crippen LogP contribution is 2.13. The Morgan fingerprint density at radius 3 is 2.37 bits per heavy atom. The van der Waals surface area contributed by atoms with Gasteiger partial charge in [-0.3, -0.25) is 9.59 Å². The molecule has 7 heteroatoms. The van der Waals surface area contributed by atoms with Crippen LogP contribution in [0.5, 0.6) is 0 Å². The second-order valence-electron chi connectivity index (χ2n) is 6.82. The van der Waals surface area contributed by atoms with Gasteiger partial charge in [-0.25, -0.2) is 4.68 Å². The van der Waals surface area contributed by atoms with Crippen molar-refractivity contribution >= 4 is 21.8 Å². The van der Waals surface area contributed by atoms with Gasteiger partial charge >= 0.3 is 0 Å². The fourth-order valence-corrected chi connectivity index (χ4v) is 3.33. The van der Waals surface area contributed by atoms with Crippen LogP contribution in [-0.4, -0.2) is 20.3 Å². The molecular weight excluding hydrogens is 444 g/mol. The minimum Gasteiger partial charge on any atom is -0.348 e. The van der Waals surface area contributed by atoms with E-state index in [1.165, 1.54) is 0 Å². The standard InChI is InChI=1S/C23H19BrN4O2/c24-20-14-26-28(16-20)21-10-8-19(9-11-21)23(30)25-13-17-4-6-18(7-5-17)15-27-12-2-1-3-22(27)29/h1-12,14,16H,13,15H2,(H,25,30). The van der Waals surface area contributed by atoms with Gasteiger partial charge < -0.3 is 9.88 Å². The first kappa shape index (κ1) is 19.8. The molecule has 2 aromatic heterocycles. The molecule has 30 heavy (non-hydrogen) atoms. The minimum absolute atomic E-state index is 0.0277. The van der Waals surface area contributed by atoms with Gasteiger partial charge in [0.1, 0.15) is 0 Å². The number of amides is 1. The Morgan fingerprint density at radius 2 is 1.70 bits per heavy atom. The largest absolute Gasteiger partial charge is 0.348 e. The summed E-state index contributed by atoms with van der Waals surface area (Å²) in [4.78, 5) is 24.3. The molecule has 2 heterocycles. The van der Waals surface area contributed by atoms with E-state index < -0.39 is 0 Å². The van der Waals surface area contributed by atoms with Crippen LogP contribution in [0.15, 0.2) is 94.6 Å².